The van der Waals surface area contributed by atoms with Crippen LogP contribution in [0.25, 0.3) is 0 Å². The fraction of sp³-hybridized carbons (Fsp3) is 0.353. The molecule has 2 aromatic rings. The minimum atomic E-state index is -1.11. The first kappa shape index (κ1) is 15.3. The summed E-state index contributed by atoms with van der Waals surface area (Å²) in [7, 11) is 0. The Kier molecular flexibility index (Phi) is 4.14. The van der Waals surface area contributed by atoms with Gasteiger partial charge < -0.3 is 14.4 Å². The van der Waals surface area contributed by atoms with Crippen molar-refractivity contribution in [3.8, 4) is 0 Å². The first-order valence-electron chi connectivity index (χ1n) is 7.60. The molecular weight excluding hydrogens is 296 g/mol. The number of pyridine rings is 1. The van der Waals surface area contributed by atoms with Crippen LogP contribution in [-0.2, 0) is 0 Å². The summed E-state index contributed by atoms with van der Waals surface area (Å²) < 4.78 is 5.50. The van der Waals surface area contributed by atoms with Gasteiger partial charge in [-0.15, -0.1) is 0 Å². The molecule has 0 spiro atoms. The van der Waals surface area contributed by atoms with Crippen LogP contribution in [0.5, 0.6) is 0 Å². The number of aromatic nitrogens is 1. The maximum atomic E-state index is 12.8. The molecule has 3 rings (SSSR count). The number of hydrogen-bond acceptors (Lipinski definition) is 4. The smallest absolute Gasteiger partial charge is 0.354 e. The van der Waals surface area contributed by atoms with Crippen molar-refractivity contribution in [1.82, 2.24) is 9.88 Å². The lowest BCUT2D eigenvalue weighted by molar-refractivity contribution is 0.0519. The molecule has 3 heterocycles. The van der Waals surface area contributed by atoms with Gasteiger partial charge >= 0.3 is 5.97 Å². The Hall–Kier alpha value is -2.63. The Morgan fingerprint density at radius 2 is 2.17 bits per heavy atom. The van der Waals surface area contributed by atoms with Crippen LogP contribution >= 0.6 is 0 Å². The number of hydrogen-bond donors (Lipinski definition) is 1. The molecule has 1 amide bonds. The number of piperidine rings is 1. The van der Waals surface area contributed by atoms with Crippen molar-refractivity contribution in [3.63, 3.8) is 0 Å². The molecule has 2 aromatic heterocycles. The summed E-state index contributed by atoms with van der Waals surface area (Å²) in [4.78, 5) is 29.3. The summed E-state index contributed by atoms with van der Waals surface area (Å²) in [6, 6.07) is 6.47. The van der Waals surface area contributed by atoms with Gasteiger partial charge in [-0.3, -0.25) is 4.79 Å². The van der Waals surface area contributed by atoms with E-state index < -0.39 is 5.97 Å². The van der Waals surface area contributed by atoms with E-state index in [1.807, 2.05) is 12.1 Å². The molecule has 0 aromatic carbocycles. The molecule has 6 heteroatoms. The van der Waals surface area contributed by atoms with E-state index >= 15 is 0 Å². The third-order valence-corrected chi connectivity index (χ3v) is 4.23. The van der Waals surface area contributed by atoms with Gasteiger partial charge in [0.05, 0.1) is 17.9 Å². The number of likely N-dealkylation sites (tertiary alicyclic amines) is 1. The highest BCUT2D eigenvalue weighted by molar-refractivity contribution is 5.95. The third kappa shape index (κ3) is 3.11. The molecule has 2 unspecified atom stereocenters. The summed E-state index contributed by atoms with van der Waals surface area (Å²) in [5, 5.41) is 8.89. The van der Waals surface area contributed by atoms with Crippen molar-refractivity contribution in [3.05, 3.63) is 53.7 Å². The molecule has 1 saturated heterocycles. The van der Waals surface area contributed by atoms with Crippen LogP contribution in [0.2, 0.25) is 0 Å². The van der Waals surface area contributed by atoms with Gasteiger partial charge in [0.15, 0.2) is 0 Å². The molecule has 0 radical (unpaired) electrons. The van der Waals surface area contributed by atoms with Gasteiger partial charge in [-0.2, -0.15) is 0 Å². The Labute approximate surface area is 133 Å². The molecular formula is C17H18N2O4. The number of carbonyl (C=O) groups is 2. The van der Waals surface area contributed by atoms with Gasteiger partial charge in [-0.05, 0) is 43.0 Å². The highest BCUT2D eigenvalue weighted by Gasteiger charge is 2.33. The lowest BCUT2D eigenvalue weighted by Gasteiger charge is -2.37. The Bertz CT molecular complexity index is 694. The number of nitrogens with zero attached hydrogens (tertiary/aromatic N) is 2. The summed E-state index contributed by atoms with van der Waals surface area (Å²) >= 11 is 0. The topological polar surface area (TPSA) is 83.6 Å². The zero-order chi connectivity index (χ0) is 16.4. The summed E-state index contributed by atoms with van der Waals surface area (Å²) in [6.45, 7) is 2.81. The molecule has 23 heavy (non-hydrogen) atoms. The second-order valence-electron chi connectivity index (χ2n) is 5.90. The minimum Gasteiger partial charge on any atom is -0.477 e. The predicted octanol–water partition coefficient (Wildman–Crippen LogP) is 2.99. The molecule has 120 valence electrons. The molecule has 0 bridgehead atoms. The first-order chi connectivity index (χ1) is 11.1. The Morgan fingerprint density at radius 1 is 1.35 bits per heavy atom. The van der Waals surface area contributed by atoms with E-state index in [0.717, 1.165) is 18.6 Å². The molecule has 0 aliphatic carbocycles. The van der Waals surface area contributed by atoms with Gasteiger partial charge in [0.1, 0.15) is 11.5 Å². The number of furan rings is 1. The fourth-order valence-electron chi connectivity index (χ4n) is 2.95. The van der Waals surface area contributed by atoms with E-state index in [4.69, 9.17) is 9.52 Å². The highest BCUT2D eigenvalue weighted by atomic mass is 16.4. The lowest BCUT2D eigenvalue weighted by atomic mass is 9.90. The maximum Gasteiger partial charge on any atom is 0.354 e. The van der Waals surface area contributed by atoms with Crippen LogP contribution in [0.4, 0.5) is 0 Å². The molecule has 0 saturated carbocycles. The Morgan fingerprint density at radius 3 is 2.78 bits per heavy atom. The van der Waals surface area contributed by atoms with E-state index in [-0.39, 0.29) is 17.6 Å². The van der Waals surface area contributed by atoms with Gasteiger partial charge in [0, 0.05) is 12.7 Å². The average Bonchev–Trinajstić information content (AvgIpc) is 3.08. The van der Waals surface area contributed by atoms with Crippen LogP contribution in [0.15, 0.2) is 41.1 Å². The summed E-state index contributed by atoms with van der Waals surface area (Å²) in [5.41, 5.74) is 0.317. The molecule has 2 atom stereocenters. The van der Waals surface area contributed by atoms with Crippen molar-refractivity contribution in [1.29, 1.82) is 0 Å². The number of carbonyl (C=O) groups excluding carboxylic acids is 1. The first-order valence-corrected chi connectivity index (χ1v) is 7.60. The number of rotatable bonds is 3. The normalized spacial score (nSPS) is 21.2. The monoisotopic (exact) mass is 314 g/mol. The predicted molar refractivity (Wildman–Crippen MR) is 82.1 cm³/mol. The van der Waals surface area contributed by atoms with Gasteiger partial charge in [0.25, 0.3) is 5.91 Å². The number of carboxylic acids is 1. The third-order valence-electron chi connectivity index (χ3n) is 4.23. The van der Waals surface area contributed by atoms with E-state index in [0.29, 0.717) is 18.0 Å². The SMILES string of the molecule is CC1CCN(C(=O)c2ccc(C(=O)O)nc2)C(c2ccco2)C1. The van der Waals surface area contributed by atoms with Crippen molar-refractivity contribution in [2.75, 3.05) is 6.54 Å². The summed E-state index contributed by atoms with van der Waals surface area (Å²) in [6.07, 6.45) is 4.72. The lowest BCUT2D eigenvalue weighted by Crippen LogP contribution is -2.40. The molecule has 1 N–H and O–H groups in total. The number of carboxylic acid groups (broad SMARTS) is 1. The van der Waals surface area contributed by atoms with Crippen LogP contribution in [0.3, 0.4) is 0 Å². The zero-order valence-electron chi connectivity index (χ0n) is 12.8. The molecule has 1 aliphatic heterocycles. The fourth-order valence-corrected chi connectivity index (χ4v) is 2.95. The van der Waals surface area contributed by atoms with E-state index in [1.54, 1.807) is 11.2 Å². The molecule has 1 fully saturated rings. The second kappa shape index (κ2) is 6.24. The standard InChI is InChI=1S/C17H18N2O4/c1-11-6-7-19(14(9-11)15-3-2-8-23-15)16(20)12-4-5-13(17(21)22)18-10-12/h2-5,8,10-11,14H,6-7,9H2,1H3,(H,21,22). The van der Waals surface area contributed by atoms with Crippen molar-refractivity contribution < 1.29 is 19.1 Å². The highest BCUT2D eigenvalue weighted by Crippen LogP contribution is 2.35. The van der Waals surface area contributed by atoms with Crippen LogP contribution in [-0.4, -0.2) is 33.4 Å². The van der Waals surface area contributed by atoms with Gasteiger partial charge in [0.2, 0.25) is 0 Å². The number of amides is 1. The minimum absolute atomic E-state index is 0.0728. The molecule has 1 aliphatic rings. The van der Waals surface area contributed by atoms with Crippen molar-refractivity contribution in [2.24, 2.45) is 5.92 Å². The van der Waals surface area contributed by atoms with Gasteiger partial charge in [-0.25, -0.2) is 9.78 Å². The summed E-state index contributed by atoms with van der Waals surface area (Å²) in [5.74, 6) is 0.0358. The van der Waals surface area contributed by atoms with Crippen LogP contribution in [0.1, 0.15) is 52.4 Å². The zero-order valence-corrected chi connectivity index (χ0v) is 12.8. The van der Waals surface area contributed by atoms with Gasteiger partial charge in [-0.1, -0.05) is 6.92 Å². The van der Waals surface area contributed by atoms with Crippen molar-refractivity contribution >= 4 is 11.9 Å². The second-order valence-corrected chi connectivity index (χ2v) is 5.90. The number of aromatic carboxylic acids is 1. The van der Waals surface area contributed by atoms with Crippen LogP contribution < -0.4 is 0 Å². The van der Waals surface area contributed by atoms with Crippen LogP contribution in [0, 0.1) is 5.92 Å². The Balaban J connectivity index is 1.85. The van der Waals surface area contributed by atoms with E-state index in [2.05, 4.69) is 11.9 Å². The van der Waals surface area contributed by atoms with Crippen molar-refractivity contribution in [2.45, 2.75) is 25.8 Å². The molecule has 6 nitrogen and oxygen atoms in total. The largest absolute Gasteiger partial charge is 0.477 e. The maximum absolute atomic E-state index is 12.8. The quantitative estimate of drug-likeness (QED) is 0.941. The average molecular weight is 314 g/mol. The van der Waals surface area contributed by atoms with E-state index in [9.17, 15) is 9.59 Å². The van der Waals surface area contributed by atoms with E-state index in [1.165, 1.54) is 18.3 Å².